The molecule has 0 amide bonds. The summed E-state index contributed by atoms with van der Waals surface area (Å²) in [5, 5.41) is 1.19. The van der Waals surface area contributed by atoms with Crippen LogP contribution in [0.3, 0.4) is 0 Å². The third kappa shape index (κ3) is 4.99. The van der Waals surface area contributed by atoms with Gasteiger partial charge in [0.15, 0.2) is 0 Å². The first kappa shape index (κ1) is 26.8. The van der Waals surface area contributed by atoms with Gasteiger partial charge in [0.2, 0.25) is 0 Å². The summed E-state index contributed by atoms with van der Waals surface area (Å²) in [4.78, 5) is 2.46. The first-order chi connectivity index (χ1) is 22.3. The van der Waals surface area contributed by atoms with Crippen LogP contribution < -0.4 is 4.90 Å². The first-order valence-corrected chi connectivity index (χ1v) is 15.6. The second kappa shape index (κ2) is 11.7. The minimum Gasteiger partial charge on any atom is -0.314 e. The molecule has 2 aliphatic rings. The number of aromatic nitrogens is 1. The van der Waals surface area contributed by atoms with E-state index >= 15 is 0 Å². The van der Waals surface area contributed by atoms with Crippen LogP contribution in [0.1, 0.15) is 36.1 Å². The number of allylic oxidation sites excluding steroid dienone is 5. The zero-order valence-electron chi connectivity index (χ0n) is 25.0. The minimum absolute atomic E-state index is 0.672. The Labute approximate surface area is 264 Å². The second-order valence-corrected chi connectivity index (χ2v) is 11.5. The summed E-state index contributed by atoms with van der Waals surface area (Å²) in [6.07, 6.45) is 11.7. The number of benzene rings is 5. The number of rotatable bonds is 6. The Balaban J connectivity index is 1.32. The van der Waals surface area contributed by atoms with Crippen LogP contribution in [0.5, 0.6) is 0 Å². The van der Waals surface area contributed by atoms with Crippen LogP contribution in [-0.4, -0.2) is 4.57 Å². The van der Waals surface area contributed by atoms with Crippen molar-refractivity contribution < 1.29 is 0 Å². The van der Waals surface area contributed by atoms with Crippen LogP contribution in [0.2, 0.25) is 0 Å². The lowest BCUT2D eigenvalue weighted by Crippen LogP contribution is -2.18. The van der Waals surface area contributed by atoms with Crippen molar-refractivity contribution in [2.45, 2.75) is 19.3 Å². The Hall–Kier alpha value is -5.78. The van der Waals surface area contributed by atoms with E-state index in [1.54, 1.807) is 0 Å². The summed E-state index contributed by atoms with van der Waals surface area (Å²) in [5.74, 6) is 7.12. The van der Waals surface area contributed by atoms with Gasteiger partial charge in [-0.15, -0.1) is 0 Å². The highest BCUT2D eigenvalue weighted by Crippen LogP contribution is 2.42. The predicted molar refractivity (Wildman–Crippen MR) is 190 cm³/mol. The average Bonchev–Trinajstić information content (AvgIpc) is 3.25. The SMILES string of the molecule is C1#Cc2c(n(-c3ccccc3)c3ccccc23)C=C(c2ccccc2N(C2=CC=CCC2)c2cccc(-c3ccccc3)c2)C1. The Bertz CT molecular complexity index is 2180. The summed E-state index contributed by atoms with van der Waals surface area (Å²) in [6, 6.07) is 47.6. The van der Waals surface area contributed by atoms with Crippen molar-refractivity contribution in [1.29, 1.82) is 0 Å². The van der Waals surface area contributed by atoms with Crippen LogP contribution in [0, 0.1) is 11.8 Å². The maximum atomic E-state index is 3.57. The smallest absolute Gasteiger partial charge is 0.0628 e. The highest BCUT2D eigenvalue weighted by molar-refractivity contribution is 5.99. The molecule has 0 N–H and O–H groups in total. The maximum absolute atomic E-state index is 3.57. The molecule has 2 aliphatic carbocycles. The highest BCUT2D eigenvalue weighted by atomic mass is 15.2. The number of anilines is 2. The molecule has 6 aromatic rings. The van der Waals surface area contributed by atoms with Crippen LogP contribution in [0.25, 0.3) is 39.4 Å². The topological polar surface area (TPSA) is 8.17 Å². The quantitative estimate of drug-likeness (QED) is 0.179. The molecule has 214 valence electrons. The summed E-state index contributed by atoms with van der Waals surface area (Å²) < 4.78 is 2.36. The van der Waals surface area contributed by atoms with E-state index < -0.39 is 0 Å². The lowest BCUT2D eigenvalue weighted by Gasteiger charge is -2.31. The summed E-state index contributed by atoms with van der Waals surface area (Å²) in [7, 11) is 0. The maximum Gasteiger partial charge on any atom is 0.0628 e. The van der Waals surface area contributed by atoms with Crippen molar-refractivity contribution in [3.05, 3.63) is 174 Å². The van der Waals surface area contributed by atoms with E-state index in [9.17, 15) is 0 Å². The van der Waals surface area contributed by atoms with Crippen molar-refractivity contribution in [1.82, 2.24) is 4.57 Å². The van der Waals surface area contributed by atoms with Crippen LogP contribution in [0.4, 0.5) is 11.4 Å². The highest BCUT2D eigenvalue weighted by Gasteiger charge is 2.23. The standard InChI is InChI=1S/C43H32N2/c1-4-16-32(17-5-1)33-18-14-24-37(30-33)44(35-20-6-2-7-21-35)41-28-12-10-25-38(41)34-19-15-27-40-39-26-11-13-29-42(39)45(43(40)31-34)36-22-8-3-9-23-36/h1-6,8-14,16-18,20,22-26,28-31H,7,19,21H2. The molecule has 45 heavy (non-hydrogen) atoms. The lowest BCUT2D eigenvalue weighted by atomic mass is 9.97. The zero-order chi connectivity index (χ0) is 30.0. The van der Waals surface area contributed by atoms with Crippen molar-refractivity contribution in [3.63, 3.8) is 0 Å². The molecular weight excluding hydrogens is 544 g/mol. The molecule has 1 aromatic heterocycles. The molecule has 0 spiro atoms. The molecule has 0 atom stereocenters. The summed E-state index contributed by atoms with van der Waals surface area (Å²) >= 11 is 0. The van der Waals surface area contributed by atoms with Crippen molar-refractivity contribution in [3.8, 4) is 28.7 Å². The van der Waals surface area contributed by atoms with Crippen LogP contribution in [0.15, 0.2) is 157 Å². The van der Waals surface area contributed by atoms with Gasteiger partial charge in [0.05, 0.1) is 22.5 Å². The van der Waals surface area contributed by atoms with Crippen LogP contribution >= 0.6 is 0 Å². The predicted octanol–water partition coefficient (Wildman–Crippen LogP) is 11.0. The normalized spacial score (nSPS) is 13.7. The van der Waals surface area contributed by atoms with E-state index in [4.69, 9.17) is 0 Å². The van der Waals surface area contributed by atoms with Crippen molar-refractivity contribution in [2.75, 3.05) is 4.90 Å². The summed E-state index contributed by atoms with van der Waals surface area (Å²) in [6.45, 7) is 0. The molecule has 1 heterocycles. The average molecular weight is 577 g/mol. The Morgan fingerprint density at radius 3 is 2.29 bits per heavy atom. The molecule has 0 unspecified atom stereocenters. The molecule has 0 radical (unpaired) electrons. The third-order valence-corrected chi connectivity index (χ3v) is 8.71. The molecule has 0 bridgehead atoms. The van der Waals surface area contributed by atoms with E-state index in [0.717, 1.165) is 35.5 Å². The molecule has 0 saturated carbocycles. The number of fused-ring (bicyclic) bond motifs is 3. The molecule has 2 nitrogen and oxygen atoms in total. The fraction of sp³-hybridized carbons (Fsp3) is 0.0698. The van der Waals surface area contributed by atoms with Crippen molar-refractivity contribution in [2.24, 2.45) is 0 Å². The van der Waals surface area contributed by atoms with E-state index in [2.05, 4.69) is 179 Å². The lowest BCUT2D eigenvalue weighted by molar-refractivity contribution is 0.917. The number of nitrogens with zero attached hydrogens (tertiary/aromatic N) is 2. The Morgan fingerprint density at radius 1 is 0.689 bits per heavy atom. The van der Waals surface area contributed by atoms with E-state index in [-0.39, 0.29) is 0 Å². The molecule has 2 heteroatoms. The third-order valence-electron chi connectivity index (χ3n) is 8.71. The Morgan fingerprint density at radius 2 is 1.44 bits per heavy atom. The second-order valence-electron chi connectivity index (χ2n) is 11.5. The molecule has 8 rings (SSSR count). The van der Waals surface area contributed by atoms with Gasteiger partial charge in [0, 0.05) is 34.4 Å². The summed E-state index contributed by atoms with van der Waals surface area (Å²) in [5.41, 5.74) is 13.0. The largest absolute Gasteiger partial charge is 0.314 e. The number of para-hydroxylation sites is 3. The van der Waals surface area contributed by atoms with Gasteiger partial charge in [-0.25, -0.2) is 0 Å². The Kier molecular flexibility index (Phi) is 6.98. The molecule has 0 aliphatic heterocycles. The van der Waals surface area contributed by atoms with Gasteiger partial charge in [-0.1, -0.05) is 121 Å². The van der Waals surface area contributed by atoms with E-state index in [1.165, 1.54) is 44.6 Å². The molecule has 5 aromatic carbocycles. The van der Waals surface area contributed by atoms with Gasteiger partial charge in [-0.05, 0) is 78.1 Å². The number of hydrogen-bond acceptors (Lipinski definition) is 1. The first-order valence-electron chi connectivity index (χ1n) is 15.6. The van der Waals surface area contributed by atoms with E-state index in [0.29, 0.717) is 6.42 Å². The van der Waals surface area contributed by atoms with Gasteiger partial charge in [0.25, 0.3) is 0 Å². The minimum atomic E-state index is 0.672. The zero-order valence-corrected chi connectivity index (χ0v) is 25.0. The molecule has 0 fully saturated rings. The van der Waals surface area contributed by atoms with E-state index in [1.807, 2.05) is 0 Å². The van der Waals surface area contributed by atoms with Gasteiger partial charge < -0.3 is 9.47 Å². The van der Waals surface area contributed by atoms with Crippen molar-refractivity contribution >= 4 is 33.9 Å². The van der Waals surface area contributed by atoms with Crippen LogP contribution in [-0.2, 0) is 0 Å². The van der Waals surface area contributed by atoms with Gasteiger partial charge >= 0.3 is 0 Å². The number of hydrogen-bond donors (Lipinski definition) is 0. The van der Waals surface area contributed by atoms with Gasteiger partial charge in [-0.3, -0.25) is 0 Å². The fourth-order valence-electron chi connectivity index (χ4n) is 6.63. The molecule has 0 saturated heterocycles. The molecular formula is C43H32N2. The van der Waals surface area contributed by atoms with Gasteiger partial charge in [0.1, 0.15) is 0 Å². The monoisotopic (exact) mass is 576 g/mol. The van der Waals surface area contributed by atoms with Gasteiger partial charge in [-0.2, -0.15) is 0 Å². The fourth-order valence-corrected chi connectivity index (χ4v) is 6.63.